The van der Waals surface area contributed by atoms with Gasteiger partial charge in [0.25, 0.3) is 0 Å². The highest BCUT2D eigenvalue weighted by atomic mass is 35.5. The van der Waals surface area contributed by atoms with Gasteiger partial charge in [-0.05, 0) is 73.5 Å². The Morgan fingerprint density at radius 3 is 2.00 bits per heavy atom. The number of aromatic hydroxyl groups is 1. The van der Waals surface area contributed by atoms with Crippen LogP contribution in [-0.2, 0) is 0 Å². The third-order valence-electron chi connectivity index (χ3n) is 7.55. The van der Waals surface area contributed by atoms with Gasteiger partial charge >= 0.3 is 0 Å². The summed E-state index contributed by atoms with van der Waals surface area (Å²) in [6.07, 6.45) is 0. The molecule has 0 unspecified atom stereocenters. The molecule has 1 aliphatic rings. The van der Waals surface area contributed by atoms with E-state index in [1.165, 1.54) is 0 Å². The Hall–Kier alpha value is -4.79. The molecule has 222 valence electrons. The summed E-state index contributed by atoms with van der Waals surface area (Å²) in [5.74, 6) is 3.02. The number of para-hydroxylation sites is 2. The highest BCUT2D eigenvalue weighted by Crippen LogP contribution is 2.33. The van der Waals surface area contributed by atoms with E-state index in [4.69, 9.17) is 26.3 Å². The monoisotopic (exact) mass is 604 g/mol. The summed E-state index contributed by atoms with van der Waals surface area (Å²) < 4.78 is 5.35. The number of phenols is 1. The van der Waals surface area contributed by atoms with Crippen molar-refractivity contribution in [1.29, 1.82) is 0 Å². The van der Waals surface area contributed by atoms with Crippen LogP contribution in [0, 0.1) is 13.8 Å². The number of piperazine rings is 1. The van der Waals surface area contributed by atoms with Gasteiger partial charge in [-0.2, -0.15) is 0 Å². The first-order chi connectivity index (χ1) is 21.4. The molecular weight excluding hydrogens is 572 g/mol. The van der Waals surface area contributed by atoms with E-state index in [1.807, 2.05) is 61.5 Å². The van der Waals surface area contributed by atoms with Crippen molar-refractivity contribution in [3.63, 3.8) is 0 Å². The molecule has 8 nitrogen and oxygen atoms in total. The van der Waals surface area contributed by atoms with Crippen molar-refractivity contribution in [1.82, 2.24) is 25.3 Å². The quantitative estimate of drug-likeness (QED) is 0.208. The second kappa shape index (κ2) is 12.8. The van der Waals surface area contributed by atoms with E-state index in [2.05, 4.69) is 45.3 Å². The summed E-state index contributed by atoms with van der Waals surface area (Å²) in [6.45, 7) is 7.82. The van der Waals surface area contributed by atoms with Crippen LogP contribution in [0.5, 0.6) is 11.5 Å². The number of rotatable bonds is 4. The minimum Gasteiger partial charge on any atom is -0.507 e. The van der Waals surface area contributed by atoms with Gasteiger partial charge < -0.3 is 20.1 Å². The standard InChI is InChI=1S/C19H20N4O.C16H13ClN2O/c1-13-6-7-14-16(12-13)21-18(15-4-2-3-5-17(15)24)22-19(14)23-10-8-20-9-11-23;1-10-7-8-11-13(9-10)18-16(19-15(11)17)12-5-3-4-6-14(12)20-2/h2-7,12,20,24H,8-11H2,1H3;3-9H,1-2H3. The highest BCUT2D eigenvalue weighted by molar-refractivity contribution is 6.34. The zero-order valence-electron chi connectivity index (χ0n) is 24.9. The third-order valence-corrected chi connectivity index (χ3v) is 7.84. The summed E-state index contributed by atoms with van der Waals surface area (Å²) in [7, 11) is 1.63. The van der Waals surface area contributed by atoms with Crippen LogP contribution in [0.1, 0.15) is 11.1 Å². The number of nitrogens with zero attached hydrogens (tertiary/aromatic N) is 5. The molecule has 2 N–H and O–H groups in total. The first-order valence-corrected chi connectivity index (χ1v) is 14.9. The molecule has 2 aromatic heterocycles. The van der Waals surface area contributed by atoms with E-state index in [-0.39, 0.29) is 5.75 Å². The molecule has 0 atom stereocenters. The summed E-state index contributed by atoms with van der Waals surface area (Å²) in [6, 6.07) is 27.1. The summed E-state index contributed by atoms with van der Waals surface area (Å²) in [5, 5.41) is 15.9. The van der Waals surface area contributed by atoms with Crippen LogP contribution in [0.3, 0.4) is 0 Å². The number of fused-ring (bicyclic) bond motifs is 2. The van der Waals surface area contributed by atoms with Gasteiger partial charge in [0.1, 0.15) is 22.5 Å². The molecule has 0 spiro atoms. The lowest BCUT2D eigenvalue weighted by atomic mass is 10.1. The van der Waals surface area contributed by atoms with Gasteiger partial charge in [0.05, 0.1) is 29.3 Å². The average molecular weight is 605 g/mol. The number of ether oxygens (including phenoxy) is 1. The molecule has 9 heteroatoms. The van der Waals surface area contributed by atoms with Gasteiger partial charge in [-0.1, -0.05) is 48.0 Å². The van der Waals surface area contributed by atoms with Crippen molar-refractivity contribution < 1.29 is 9.84 Å². The number of hydrogen-bond donors (Lipinski definition) is 2. The lowest BCUT2D eigenvalue weighted by Gasteiger charge is -2.29. The minimum absolute atomic E-state index is 0.204. The first-order valence-electron chi connectivity index (χ1n) is 14.5. The Bertz CT molecular complexity index is 1960. The number of hydrogen-bond acceptors (Lipinski definition) is 8. The number of nitrogens with one attached hydrogen (secondary N) is 1. The summed E-state index contributed by atoms with van der Waals surface area (Å²) in [5.41, 5.74) is 5.55. The van der Waals surface area contributed by atoms with Gasteiger partial charge in [0, 0.05) is 37.0 Å². The summed E-state index contributed by atoms with van der Waals surface area (Å²) >= 11 is 6.27. The van der Waals surface area contributed by atoms with Crippen LogP contribution >= 0.6 is 11.6 Å². The number of halogens is 1. The second-order valence-corrected chi connectivity index (χ2v) is 11.1. The van der Waals surface area contributed by atoms with Gasteiger partial charge in [-0.3, -0.25) is 0 Å². The fraction of sp³-hybridized carbons (Fsp3) is 0.200. The van der Waals surface area contributed by atoms with E-state index in [0.717, 1.165) is 76.2 Å². The van der Waals surface area contributed by atoms with Crippen molar-refractivity contribution in [3.8, 4) is 34.3 Å². The van der Waals surface area contributed by atoms with Crippen molar-refractivity contribution in [3.05, 3.63) is 101 Å². The zero-order valence-corrected chi connectivity index (χ0v) is 25.6. The van der Waals surface area contributed by atoms with E-state index < -0.39 is 0 Å². The molecule has 0 radical (unpaired) electrons. The molecule has 4 aromatic carbocycles. The van der Waals surface area contributed by atoms with Crippen LogP contribution in [0.15, 0.2) is 84.9 Å². The van der Waals surface area contributed by atoms with E-state index >= 15 is 0 Å². The normalized spacial score (nSPS) is 13.0. The maximum absolute atomic E-state index is 10.2. The number of phenolic OH excluding ortho intramolecular Hbond substituents is 1. The van der Waals surface area contributed by atoms with Crippen LogP contribution in [0.2, 0.25) is 5.15 Å². The SMILES string of the molecule is COc1ccccc1-c1nc(Cl)c2ccc(C)cc2n1.Cc1ccc2c(N3CCNCC3)nc(-c3ccccc3O)nc2c1. The van der Waals surface area contributed by atoms with Crippen LogP contribution in [0.4, 0.5) is 5.82 Å². The van der Waals surface area contributed by atoms with E-state index in [9.17, 15) is 5.11 Å². The Morgan fingerprint density at radius 1 is 0.727 bits per heavy atom. The number of benzene rings is 4. The second-order valence-electron chi connectivity index (χ2n) is 10.7. The van der Waals surface area contributed by atoms with Gasteiger partial charge in [0.2, 0.25) is 0 Å². The Kier molecular flexibility index (Phi) is 8.54. The van der Waals surface area contributed by atoms with E-state index in [1.54, 1.807) is 19.2 Å². The van der Waals surface area contributed by atoms with Crippen molar-refractivity contribution >= 4 is 39.2 Å². The minimum atomic E-state index is 0.204. The third kappa shape index (κ3) is 6.13. The van der Waals surface area contributed by atoms with Gasteiger partial charge in [-0.15, -0.1) is 0 Å². The largest absolute Gasteiger partial charge is 0.507 e. The molecule has 3 heterocycles. The number of aryl methyl sites for hydroxylation is 2. The molecule has 1 aliphatic heterocycles. The Morgan fingerprint density at radius 2 is 1.32 bits per heavy atom. The molecule has 0 saturated carbocycles. The molecule has 0 amide bonds. The van der Waals surface area contributed by atoms with Crippen molar-refractivity contribution in [2.75, 3.05) is 38.2 Å². The van der Waals surface area contributed by atoms with Crippen molar-refractivity contribution in [2.24, 2.45) is 0 Å². The van der Waals surface area contributed by atoms with Gasteiger partial charge in [-0.25, -0.2) is 19.9 Å². The predicted octanol–water partition coefficient (Wildman–Crippen LogP) is 6.99. The number of anilines is 1. The maximum Gasteiger partial charge on any atom is 0.165 e. The molecule has 7 rings (SSSR count). The molecule has 44 heavy (non-hydrogen) atoms. The first kappa shape index (κ1) is 29.3. The number of aromatic nitrogens is 4. The smallest absolute Gasteiger partial charge is 0.165 e. The molecule has 6 aromatic rings. The van der Waals surface area contributed by atoms with Crippen LogP contribution in [-0.4, -0.2) is 58.3 Å². The maximum atomic E-state index is 10.2. The molecule has 0 bridgehead atoms. The van der Waals surface area contributed by atoms with Gasteiger partial charge in [0.15, 0.2) is 11.6 Å². The lowest BCUT2D eigenvalue weighted by Crippen LogP contribution is -2.44. The highest BCUT2D eigenvalue weighted by Gasteiger charge is 2.18. The van der Waals surface area contributed by atoms with Crippen molar-refractivity contribution in [2.45, 2.75) is 13.8 Å². The summed E-state index contributed by atoms with van der Waals surface area (Å²) in [4.78, 5) is 20.8. The topological polar surface area (TPSA) is 96.3 Å². The van der Waals surface area contributed by atoms with Crippen LogP contribution < -0.4 is 15.0 Å². The van der Waals surface area contributed by atoms with E-state index in [0.29, 0.717) is 22.4 Å². The lowest BCUT2D eigenvalue weighted by molar-refractivity contribution is 0.416. The average Bonchev–Trinajstić information content (AvgIpc) is 3.04. The fourth-order valence-electron chi connectivity index (χ4n) is 5.27. The Balaban J connectivity index is 0.000000159. The molecule has 0 aliphatic carbocycles. The zero-order chi connectivity index (χ0) is 30.6. The van der Waals surface area contributed by atoms with Crippen LogP contribution in [0.25, 0.3) is 44.6 Å². The molecule has 1 fully saturated rings. The Labute approximate surface area is 261 Å². The fourth-order valence-corrected chi connectivity index (χ4v) is 5.51. The molecular formula is C35H33ClN6O2. The predicted molar refractivity (Wildman–Crippen MR) is 178 cm³/mol. The molecule has 1 saturated heterocycles. The number of methoxy groups -OCH3 is 1.